The van der Waals surface area contributed by atoms with E-state index in [0.717, 1.165) is 52.1 Å². The molecule has 1 fully saturated rings. The fourth-order valence-corrected chi connectivity index (χ4v) is 5.68. The van der Waals surface area contributed by atoms with Gasteiger partial charge in [-0.1, -0.05) is 55.5 Å². The van der Waals surface area contributed by atoms with Gasteiger partial charge in [0.2, 0.25) is 0 Å². The second-order valence-corrected chi connectivity index (χ2v) is 9.89. The number of fused-ring (bicyclic) bond motifs is 2. The molecule has 6 rings (SSSR count). The van der Waals surface area contributed by atoms with Crippen LogP contribution in [0.25, 0.3) is 0 Å². The molecule has 1 saturated heterocycles. The van der Waals surface area contributed by atoms with Crippen molar-refractivity contribution in [1.29, 1.82) is 0 Å². The van der Waals surface area contributed by atoms with Crippen molar-refractivity contribution in [1.82, 2.24) is 14.5 Å². The quantitative estimate of drug-likeness (QED) is 0.383. The first-order chi connectivity index (χ1) is 17.8. The van der Waals surface area contributed by atoms with Gasteiger partial charge in [-0.25, -0.2) is 4.98 Å². The molecule has 3 heterocycles. The van der Waals surface area contributed by atoms with Gasteiger partial charge in [0.1, 0.15) is 0 Å². The monoisotopic (exact) mass is 478 g/mol. The molecule has 0 saturated carbocycles. The Labute approximate surface area is 213 Å². The van der Waals surface area contributed by atoms with Crippen LogP contribution in [0.1, 0.15) is 46.3 Å². The van der Waals surface area contributed by atoms with Crippen LogP contribution in [0.15, 0.2) is 79.4 Å². The molecule has 0 spiro atoms. The summed E-state index contributed by atoms with van der Waals surface area (Å²) in [6, 6.07) is 22.8. The highest BCUT2D eigenvalue weighted by atomic mass is 16.5. The number of nitrogens with zero attached hydrogens (tertiary/aromatic N) is 3. The molecule has 5 heteroatoms. The van der Waals surface area contributed by atoms with Gasteiger partial charge in [-0.2, -0.15) is 0 Å². The molecule has 2 aliphatic rings. The Bertz CT molecular complexity index is 1320. The Morgan fingerprint density at radius 2 is 1.72 bits per heavy atom. The molecule has 1 atom stereocenters. The first kappa shape index (κ1) is 23.0. The molecule has 1 N–H and O–H groups in total. The lowest BCUT2D eigenvalue weighted by molar-refractivity contribution is 0.0342. The third kappa shape index (κ3) is 4.69. The maximum absolute atomic E-state index is 5.51. The lowest BCUT2D eigenvalue weighted by Crippen LogP contribution is -2.35. The molecule has 0 bridgehead atoms. The summed E-state index contributed by atoms with van der Waals surface area (Å²) < 4.78 is 7.74. The summed E-state index contributed by atoms with van der Waals surface area (Å²) in [4.78, 5) is 6.86. The molecule has 5 nitrogen and oxygen atoms in total. The van der Waals surface area contributed by atoms with E-state index in [2.05, 4.69) is 93.6 Å². The average Bonchev–Trinajstić information content (AvgIpc) is 3.38. The number of anilines is 2. The normalized spacial score (nSPS) is 16.5. The van der Waals surface area contributed by atoms with Crippen LogP contribution in [0.2, 0.25) is 0 Å². The van der Waals surface area contributed by atoms with Crippen LogP contribution in [0.4, 0.5) is 11.4 Å². The van der Waals surface area contributed by atoms with Crippen LogP contribution in [-0.2, 0) is 30.5 Å². The third-order valence-electron chi connectivity index (χ3n) is 7.61. The SMILES string of the molecule is CCc1ccccc1C(c1ccc2c(c1)CCc1cc(CN3CCOCC3)ccc1N2)n1ccnc1. The number of rotatable bonds is 6. The highest BCUT2D eigenvalue weighted by molar-refractivity contribution is 5.69. The zero-order chi connectivity index (χ0) is 24.3. The standard InChI is InChI=1S/C31H34N4O/c1-2-24-5-3-4-6-28(24)31(35-14-13-32-22-35)27-10-12-30-26(20-27)9-8-25-19-23(7-11-29(25)33-30)21-34-15-17-36-18-16-34/h3-7,10-14,19-20,22,31,33H,2,8-9,15-18,21H2,1H3. The van der Waals surface area contributed by atoms with Crippen LogP contribution in [0.3, 0.4) is 0 Å². The van der Waals surface area contributed by atoms with E-state index in [1.54, 1.807) is 0 Å². The summed E-state index contributed by atoms with van der Waals surface area (Å²) in [5, 5.41) is 3.74. The molecule has 0 radical (unpaired) electrons. The predicted octanol–water partition coefficient (Wildman–Crippen LogP) is 5.76. The molecule has 1 aromatic heterocycles. The number of imidazole rings is 1. The molecule has 0 amide bonds. The number of aromatic nitrogens is 2. The van der Waals surface area contributed by atoms with E-state index < -0.39 is 0 Å². The van der Waals surface area contributed by atoms with Gasteiger partial charge < -0.3 is 14.6 Å². The smallest absolute Gasteiger partial charge is 0.0954 e. The summed E-state index contributed by atoms with van der Waals surface area (Å²) in [5.74, 6) is 0. The van der Waals surface area contributed by atoms with Crippen molar-refractivity contribution in [3.05, 3.63) is 113 Å². The summed E-state index contributed by atoms with van der Waals surface area (Å²) in [7, 11) is 0. The van der Waals surface area contributed by atoms with Crippen molar-refractivity contribution in [3.8, 4) is 0 Å². The minimum Gasteiger partial charge on any atom is -0.379 e. The largest absolute Gasteiger partial charge is 0.379 e. The molecule has 2 aliphatic heterocycles. The summed E-state index contributed by atoms with van der Waals surface area (Å²) >= 11 is 0. The number of morpholine rings is 1. The number of benzene rings is 3. The maximum Gasteiger partial charge on any atom is 0.0954 e. The van der Waals surface area contributed by atoms with E-state index in [0.29, 0.717) is 0 Å². The van der Waals surface area contributed by atoms with Gasteiger partial charge in [0.15, 0.2) is 0 Å². The number of hydrogen-bond acceptors (Lipinski definition) is 4. The summed E-state index contributed by atoms with van der Waals surface area (Å²) in [6.07, 6.45) is 8.96. The van der Waals surface area contributed by atoms with Gasteiger partial charge in [0, 0.05) is 43.4 Å². The summed E-state index contributed by atoms with van der Waals surface area (Å²) in [6.45, 7) is 6.94. The Balaban J connectivity index is 1.29. The number of aryl methyl sites for hydroxylation is 3. The minimum atomic E-state index is 0.111. The topological polar surface area (TPSA) is 42.3 Å². The zero-order valence-corrected chi connectivity index (χ0v) is 21.0. The molecular formula is C31H34N4O. The maximum atomic E-state index is 5.51. The van der Waals surface area contributed by atoms with Crippen molar-refractivity contribution < 1.29 is 4.74 Å². The predicted molar refractivity (Wildman–Crippen MR) is 145 cm³/mol. The number of hydrogen-bond donors (Lipinski definition) is 1. The molecule has 1 unspecified atom stereocenters. The van der Waals surface area contributed by atoms with Gasteiger partial charge in [-0.15, -0.1) is 0 Å². The molecule has 36 heavy (non-hydrogen) atoms. The van der Waals surface area contributed by atoms with Crippen LogP contribution < -0.4 is 5.32 Å². The Hall–Kier alpha value is -3.41. The second-order valence-electron chi connectivity index (χ2n) is 9.89. The highest BCUT2D eigenvalue weighted by Crippen LogP contribution is 2.35. The van der Waals surface area contributed by atoms with Gasteiger partial charge >= 0.3 is 0 Å². The van der Waals surface area contributed by atoms with Crippen LogP contribution in [0.5, 0.6) is 0 Å². The van der Waals surface area contributed by atoms with Crippen LogP contribution in [0, 0.1) is 0 Å². The Kier molecular flexibility index (Phi) is 6.58. The van der Waals surface area contributed by atoms with E-state index in [9.17, 15) is 0 Å². The Morgan fingerprint density at radius 3 is 2.50 bits per heavy atom. The highest BCUT2D eigenvalue weighted by Gasteiger charge is 2.21. The van der Waals surface area contributed by atoms with Crippen molar-refractivity contribution in [2.75, 3.05) is 31.6 Å². The van der Waals surface area contributed by atoms with Crippen LogP contribution in [-0.4, -0.2) is 40.8 Å². The fraction of sp³-hybridized carbons (Fsp3) is 0.323. The second kappa shape index (κ2) is 10.3. The Morgan fingerprint density at radius 1 is 0.944 bits per heavy atom. The van der Waals surface area contributed by atoms with Gasteiger partial charge in [-0.05, 0) is 64.8 Å². The van der Waals surface area contributed by atoms with E-state index in [1.165, 1.54) is 44.8 Å². The summed E-state index contributed by atoms with van der Waals surface area (Å²) in [5.41, 5.74) is 10.6. The lowest BCUT2D eigenvalue weighted by Gasteiger charge is -2.26. The third-order valence-corrected chi connectivity index (χ3v) is 7.61. The first-order valence-electron chi connectivity index (χ1n) is 13.2. The van der Waals surface area contributed by atoms with Crippen molar-refractivity contribution in [2.24, 2.45) is 0 Å². The fourth-order valence-electron chi connectivity index (χ4n) is 5.68. The van der Waals surface area contributed by atoms with Crippen molar-refractivity contribution in [3.63, 3.8) is 0 Å². The molecule has 184 valence electrons. The average molecular weight is 479 g/mol. The van der Waals surface area contributed by atoms with E-state index >= 15 is 0 Å². The van der Waals surface area contributed by atoms with E-state index in [-0.39, 0.29) is 6.04 Å². The lowest BCUT2D eigenvalue weighted by atomic mass is 9.91. The van der Waals surface area contributed by atoms with Gasteiger partial charge in [0.05, 0.1) is 25.6 Å². The van der Waals surface area contributed by atoms with Gasteiger partial charge in [0.25, 0.3) is 0 Å². The van der Waals surface area contributed by atoms with Crippen molar-refractivity contribution in [2.45, 2.75) is 38.8 Å². The minimum absolute atomic E-state index is 0.111. The van der Waals surface area contributed by atoms with E-state index in [1.807, 2.05) is 12.5 Å². The first-order valence-corrected chi connectivity index (χ1v) is 13.2. The molecule has 4 aromatic rings. The van der Waals surface area contributed by atoms with Gasteiger partial charge in [-0.3, -0.25) is 4.90 Å². The molecule has 3 aromatic carbocycles. The van der Waals surface area contributed by atoms with Crippen molar-refractivity contribution >= 4 is 11.4 Å². The van der Waals surface area contributed by atoms with E-state index in [4.69, 9.17) is 4.74 Å². The van der Waals surface area contributed by atoms with Crippen LogP contribution >= 0.6 is 0 Å². The number of nitrogens with one attached hydrogen (secondary N) is 1. The number of ether oxygens (including phenoxy) is 1. The molecule has 0 aliphatic carbocycles. The molecular weight excluding hydrogens is 444 g/mol. The zero-order valence-electron chi connectivity index (χ0n) is 21.0.